The third kappa shape index (κ3) is 2.28. The zero-order chi connectivity index (χ0) is 9.97. The fourth-order valence-electron chi connectivity index (χ4n) is 1.61. The minimum Gasteiger partial charge on any atom is -0.354 e. The molecular weight excluding hydrogens is 221 g/mol. The van der Waals surface area contributed by atoms with Gasteiger partial charge in [0.2, 0.25) is 0 Å². The number of aromatic nitrogens is 2. The monoisotopic (exact) mass is 231 g/mol. The van der Waals surface area contributed by atoms with Gasteiger partial charge in [0.15, 0.2) is 11.0 Å². The molecule has 3 nitrogen and oxygen atoms in total. The van der Waals surface area contributed by atoms with Crippen molar-refractivity contribution in [2.24, 2.45) is 0 Å². The molecule has 0 aliphatic carbocycles. The molecule has 0 aromatic carbocycles. The van der Waals surface area contributed by atoms with E-state index in [4.69, 9.17) is 23.2 Å². The van der Waals surface area contributed by atoms with E-state index in [0.29, 0.717) is 5.15 Å². The first-order valence-electron chi connectivity index (χ1n) is 4.64. The van der Waals surface area contributed by atoms with Gasteiger partial charge in [-0.1, -0.05) is 11.6 Å². The maximum absolute atomic E-state index is 6.08. The Balaban J connectivity index is 2.10. The van der Waals surface area contributed by atoms with Crippen molar-refractivity contribution in [2.75, 3.05) is 18.0 Å². The Morgan fingerprint density at radius 1 is 1.36 bits per heavy atom. The summed E-state index contributed by atoms with van der Waals surface area (Å²) in [5.41, 5.74) is 0. The van der Waals surface area contributed by atoms with E-state index in [1.165, 1.54) is 0 Å². The van der Waals surface area contributed by atoms with Gasteiger partial charge in [-0.15, -0.1) is 21.8 Å². The van der Waals surface area contributed by atoms with Gasteiger partial charge in [-0.25, -0.2) is 0 Å². The molecule has 2 rings (SSSR count). The van der Waals surface area contributed by atoms with Gasteiger partial charge in [0, 0.05) is 13.1 Å². The molecule has 1 saturated heterocycles. The molecule has 2 heterocycles. The van der Waals surface area contributed by atoms with Crippen LogP contribution in [0.2, 0.25) is 5.15 Å². The number of rotatable bonds is 1. The first kappa shape index (κ1) is 9.99. The van der Waals surface area contributed by atoms with Crippen LogP contribution >= 0.6 is 23.2 Å². The van der Waals surface area contributed by atoms with Gasteiger partial charge in [0.05, 0.1) is 5.38 Å². The summed E-state index contributed by atoms with van der Waals surface area (Å²) in [4.78, 5) is 2.14. The van der Waals surface area contributed by atoms with Gasteiger partial charge < -0.3 is 4.90 Å². The SMILES string of the molecule is Clc1ccc(N2CCC[C@H](Cl)C2)nn1. The molecule has 1 aromatic heterocycles. The smallest absolute Gasteiger partial charge is 0.151 e. The van der Waals surface area contributed by atoms with Crippen molar-refractivity contribution in [3.05, 3.63) is 17.3 Å². The Labute approximate surface area is 93.0 Å². The molecule has 76 valence electrons. The number of hydrogen-bond donors (Lipinski definition) is 0. The molecule has 1 aromatic rings. The number of hydrogen-bond acceptors (Lipinski definition) is 3. The third-order valence-electron chi connectivity index (χ3n) is 2.31. The molecule has 1 aliphatic heterocycles. The van der Waals surface area contributed by atoms with E-state index in [1.54, 1.807) is 6.07 Å². The summed E-state index contributed by atoms with van der Waals surface area (Å²) in [7, 11) is 0. The predicted octanol–water partition coefficient (Wildman–Crippen LogP) is 2.34. The van der Waals surface area contributed by atoms with Crippen LogP contribution in [0.5, 0.6) is 0 Å². The zero-order valence-corrected chi connectivity index (χ0v) is 9.17. The van der Waals surface area contributed by atoms with Crippen LogP contribution in [0.4, 0.5) is 5.82 Å². The summed E-state index contributed by atoms with van der Waals surface area (Å²) in [6.45, 7) is 1.84. The minimum atomic E-state index is 0.223. The van der Waals surface area contributed by atoms with Crippen molar-refractivity contribution < 1.29 is 0 Å². The van der Waals surface area contributed by atoms with Crippen molar-refractivity contribution in [3.63, 3.8) is 0 Å². The van der Waals surface area contributed by atoms with Crippen molar-refractivity contribution >= 4 is 29.0 Å². The summed E-state index contributed by atoms with van der Waals surface area (Å²) in [5, 5.41) is 8.48. The Hall–Kier alpha value is -0.540. The Morgan fingerprint density at radius 3 is 2.86 bits per heavy atom. The molecule has 0 unspecified atom stereocenters. The predicted molar refractivity (Wildman–Crippen MR) is 58.1 cm³/mol. The lowest BCUT2D eigenvalue weighted by molar-refractivity contribution is 0.577. The standard InChI is InChI=1S/C9H11Cl2N3/c10-7-2-1-5-14(6-7)9-4-3-8(11)12-13-9/h3-4,7H,1-2,5-6H2/t7-/m0/s1. The van der Waals surface area contributed by atoms with Crippen LogP contribution in [0.3, 0.4) is 0 Å². The van der Waals surface area contributed by atoms with Crippen molar-refractivity contribution in [1.29, 1.82) is 0 Å². The van der Waals surface area contributed by atoms with Crippen molar-refractivity contribution in [3.8, 4) is 0 Å². The van der Waals surface area contributed by atoms with Crippen LogP contribution in [-0.2, 0) is 0 Å². The molecule has 0 bridgehead atoms. The van der Waals surface area contributed by atoms with Crippen LogP contribution in [0.15, 0.2) is 12.1 Å². The number of piperidine rings is 1. The average Bonchev–Trinajstić information content (AvgIpc) is 2.19. The normalized spacial score (nSPS) is 22.4. The minimum absolute atomic E-state index is 0.223. The quantitative estimate of drug-likeness (QED) is 0.696. The van der Waals surface area contributed by atoms with Gasteiger partial charge >= 0.3 is 0 Å². The van der Waals surface area contributed by atoms with E-state index in [2.05, 4.69) is 15.1 Å². The molecule has 0 amide bonds. The number of alkyl halides is 1. The first-order chi connectivity index (χ1) is 6.75. The van der Waals surface area contributed by atoms with Crippen LogP contribution in [0.25, 0.3) is 0 Å². The number of halogens is 2. The Bertz CT molecular complexity index is 301. The van der Waals surface area contributed by atoms with Crippen molar-refractivity contribution in [2.45, 2.75) is 18.2 Å². The molecule has 1 atom stereocenters. The van der Waals surface area contributed by atoms with E-state index in [9.17, 15) is 0 Å². The first-order valence-corrected chi connectivity index (χ1v) is 5.45. The summed E-state index contributed by atoms with van der Waals surface area (Å²) < 4.78 is 0. The molecule has 1 aliphatic rings. The highest BCUT2D eigenvalue weighted by Gasteiger charge is 2.18. The summed E-state index contributed by atoms with van der Waals surface area (Å²) in [6.07, 6.45) is 2.19. The van der Waals surface area contributed by atoms with Crippen LogP contribution < -0.4 is 4.90 Å². The molecule has 5 heteroatoms. The topological polar surface area (TPSA) is 29.0 Å². The molecule has 0 saturated carbocycles. The summed E-state index contributed by atoms with van der Waals surface area (Å²) in [6, 6.07) is 3.63. The maximum Gasteiger partial charge on any atom is 0.151 e. The van der Waals surface area contributed by atoms with Gasteiger partial charge in [0.1, 0.15) is 0 Å². The lowest BCUT2D eigenvalue weighted by Crippen LogP contribution is -2.36. The largest absolute Gasteiger partial charge is 0.354 e. The molecule has 14 heavy (non-hydrogen) atoms. The molecular formula is C9H11Cl2N3. The molecule has 0 spiro atoms. The highest BCUT2D eigenvalue weighted by molar-refractivity contribution is 6.29. The number of anilines is 1. The zero-order valence-electron chi connectivity index (χ0n) is 7.66. The fourth-order valence-corrected chi connectivity index (χ4v) is 2.03. The average molecular weight is 232 g/mol. The third-order valence-corrected chi connectivity index (χ3v) is 2.86. The second-order valence-electron chi connectivity index (χ2n) is 3.40. The van der Waals surface area contributed by atoms with E-state index >= 15 is 0 Å². The summed E-state index contributed by atoms with van der Waals surface area (Å²) in [5.74, 6) is 0.861. The van der Waals surface area contributed by atoms with Gasteiger partial charge in [-0.3, -0.25) is 0 Å². The van der Waals surface area contributed by atoms with E-state index < -0.39 is 0 Å². The van der Waals surface area contributed by atoms with E-state index in [1.807, 2.05) is 6.07 Å². The summed E-state index contributed by atoms with van der Waals surface area (Å²) >= 11 is 11.7. The van der Waals surface area contributed by atoms with Gasteiger partial charge in [-0.05, 0) is 25.0 Å². The maximum atomic E-state index is 6.08. The van der Waals surface area contributed by atoms with Crippen LogP contribution in [0, 0.1) is 0 Å². The highest BCUT2D eigenvalue weighted by atomic mass is 35.5. The highest BCUT2D eigenvalue weighted by Crippen LogP contribution is 2.20. The van der Waals surface area contributed by atoms with Crippen LogP contribution in [-0.4, -0.2) is 28.7 Å². The molecule has 1 fully saturated rings. The van der Waals surface area contributed by atoms with Crippen molar-refractivity contribution in [1.82, 2.24) is 10.2 Å². The second kappa shape index (κ2) is 4.32. The molecule has 0 radical (unpaired) electrons. The number of nitrogens with zero attached hydrogens (tertiary/aromatic N) is 3. The second-order valence-corrected chi connectivity index (χ2v) is 4.40. The van der Waals surface area contributed by atoms with E-state index in [0.717, 1.165) is 31.7 Å². The van der Waals surface area contributed by atoms with Gasteiger partial charge in [0.25, 0.3) is 0 Å². The van der Waals surface area contributed by atoms with E-state index in [-0.39, 0.29) is 5.38 Å². The van der Waals surface area contributed by atoms with Crippen LogP contribution in [0.1, 0.15) is 12.8 Å². The van der Waals surface area contributed by atoms with Gasteiger partial charge in [-0.2, -0.15) is 0 Å². The Morgan fingerprint density at radius 2 is 2.21 bits per heavy atom. The lowest BCUT2D eigenvalue weighted by Gasteiger charge is -2.30. The lowest BCUT2D eigenvalue weighted by atomic mass is 10.1. The molecule has 0 N–H and O–H groups in total. The Kier molecular flexibility index (Phi) is 3.08. The fraction of sp³-hybridized carbons (Fsp3) is 0.556.